The van der Waals surface area contributed by atoms with Gasteiger partial charge in [-0.3, -0.25) is 4.79 Å². The summed E-state index contributed by atoms with van der Waals surface area (Å²) < 4.78 is 0. The van der Waals surface area contributed by atoms with E-state index >= 15 is 0 Å². The number of halogens is 2. The van der Waals surface area contributed by atoms with Crippen LogP contribution in [-0.4, -0.2) is 11.7 Å². The van der Waals surface area contributed by atoms with Crippen LogP contribution in [0.5, 0.6) is 0 Å². The molecular formula is C15H14Cl2N2OS. The van der Waals surface area contributed by atoms with Gasteiger partial charge in [0.1, 0.15) is 0 Å². The zero-order valence-corrected chi connectivity index (χ0v) is 13.6. The molecular weight excluding hydrogens is 327 g/mol. The number of nitrogens with one attached hydrogen (secondary N) is 1. The summed E-state index contributed by atoms with van der Waals surface area (Å²) in [4.78, 5) is 12.8. The Morgan fingerprint density at radius 3 is 2.81 bits per heavy atom. The highest BCUT2D eigenvalue weighted by atomic mass is 35.5. The van der Waals surface area contributed by atoms with Gasteiger partial charge < -0.3 is 11.1 Å². The Morgan fingerprint density at radius 1 is 1.29 bits per heavy atom. The van der Waals surface area contributed by atoms with Gasteiger partial charge in [-0.25, -0.2) is 0 Å². The number of anilines is 2. The van der Waals surface area contributed by atoms with Gasteiger partial charge in [0, 0.05) is 26.3 Å². The van der Waals surface area contributed by atoms with Gasteiger partial charge in [0.15, 0.2) is 0 Å². The van der Waals surface area contributed by atoms with Crippen molar-refractivity contribution < 1.29 is 4.79 Å². The summed E-state index contributed by atoms with van der Waals surface area (Å²) in [6.45, 7) is 1.86. The second-order valence-electron chi connectivity index (χ2n) is 4.43. The SMILES string of the molecule is Cc1c(Cl)cccc1NC(=O)CSc1cc(Cl)ccc1N. The molecule has 0 saturated carbocycles. The third-order valence-electron chi connectivity index (χ3n) is 2.88. The normalized spacial score (nSPS) is 10.4. The Hall–Kier alpha value is -1.36. The summed E-state index contributed by atoms with van der Waals surface area (Å²) in [5.74, 6) is 0.126. The molecule has 0 fully saturated rings. The van der Waals surface area contributed by atoms with Gasteiger partial charge in [0.05, 0.1) is 5.75 Å². The lowest BCUT2D eigenvalue weighted by atomic mass is 10.2. The molecule has 3 N–H and O–H groups in total. The number of amides is 1. The molecule has 0 unspecified atom stereocenters. The minimum atomic E-state index is -0.121. The van der Waals surface area contributed by atoms with E-state index in [4.69, 9.17) is 28.9 Å². The summed E-state index contributed by atoms with van der Waals surface area (Å²) >= 11 is 13.3. The number of nitrogens with two attached hydrogens (primary N) is 1. The maximum Gasteiger partial charge on any atom is 0.234 e. The Bertz CT molecular complexity index is 677. The summed E-state index contributed by atoms with van der Waals surface area (Å²) in [5.41, 5.74) is 8.01. The summed E-state index contributed by atoms with van der Waals surface area (Å²) in [6, 6.07) is 10.6. The van der Waals surface area contributed by atoms with Gasteiger partial charge in [-0.1, -0.05) is 29.3 Å². The molecule has 2 aromatic carbocycles. The molecule has 21 heavy (non-hydrogen) atoms. The van der Waals surface area contributed by atoms with E-state index in [0.717, 1.165) is 10.5 Å². The molecule has 0 aliphatic heterocycles. The van der Waals surface area contributed by atoms with Gasteiger partial charge in [-0.2, -0.15) is 0 Å². The maximum atomic E-state index is 12.0. The average molecular weight is 341 g/mol. The van der Waals surface area contributed by atoms with Crippen LogP contribution in [0.2, 0.25) is 10.0 Å². The molecule has 0 spiro atoms. The smallest absolute Gasteiger partial charge is 0.234 e. The molecule has 110 valence electrons. The second-order valence-corrected chi connectivity index (χ2v) is 6.29. The highest BCUT2D eigenvalue weighted by Crippen LogP contribution is 2.28. The number of nitrogen functional groups attached to an aromatic ring is 1. The molecule has 0 aromatic heterocycles. The number of carbonyl (C=O) groups is 1. The standard InChI is InChI=1S/C15H14Cl2N2OS/c1-9-11(17)3-2-4-13(9)19-15(20)8-21-14-7-10(16)5-6-12(14)18/h2-7H,8,18H2,1H3,(H,19,20). The molecule has 0 radical (unpaired) electrons. The highest BCUT2D eigenvalue weighted by molar-refractivity contribution is 8.00. The largest absolute Gasteiger partial charge is 0.398 e. The van der Waals surface area contributed by atoms with Crippen molar-refractivity contribution in [3.63, 3.8) is 0 Å². The average Bonchev–Trinajstić information content (AvgIpc) is 2.45. The van der Waals surface area contributed by atoms with Crippen molar-refractivity contribution in [3.05, 3.63) is 52.0 Å². The van der Waals surface area contributed by atoms with Crippen molar-refractivity contribution in [1.29, 1.82) is 0 Å². The first-order valence-corrected chi connectivity index (χ1v) is 7.94. The van der Waals surface area contributed by atoms with E-state index < -0.39 is 0 Å². The van der Waals surface area contributed by atoms with E-state index in [9.17, 15) is 4.79 Å². The van der Waals surface area contributed by atoms with E-state index in [2.05, 4.69) is 5.32 Å². The third-order valence-corrected chi connectivity index (χ3v) is 4.59. The Labute approximate surface area is 137 Å². The summed E-state index contributed by atoms with van der Waals surface area (Å²) in [5, 5.41) is 4.06. The van der Waals surface area contributed by atoms with Crippen LogP contribution in [0, 0.1) is 6.92 Å². The van der Waals surface area contributed by atoms with E-state index in [0.29, 0.717) is 21.4 Å². The predicted octanol–water partition coefficient (Wildman–Crippen LogP) is 4.61. The van der Waals surface area contributed by atoms with Crippen LogP contribution < -0.4 is 11.1 Å². The maximum absolute atomic E-state index is 12.0. The van der Waals surface area contributed by atoms with Crippen LogP contribution in [0.15, 0.2) is 41.3 Å². The van der Waals surface area contributed by atoms with Crippen molar-refractivity contribution in [2.75, 3.05) is 16.8 Å². The van der Waals surface area contributed by atoms with E-state index in [1.54, 1.807) is 30.3 Å². The van der Waals surface area contributed by atoms with Crippen molar-refractivity contribution >= 4 is 52.2 Å². The van der Waals surface area contributed by atoms with Crippen LogP contribution in [0.1, 0.15) is 5.56 Å². The molecule has 1 amide bonds. The minimum Gasteiger partial charge on any atom is -0.398 e. The van der Waals surface area contributed by atoms with Crippen LogP contribution in [0.4, 0.5) is 11.4 Å². The van der Waals surface area contributed by atoms with Crippen LogP contribution >= 0.6 is 35.0 Å². The fraction of sp³-hybridized carbons (Fsp3) is 0.133. The van der Waals surface area contributed by atoms with Crippen molar-refractivity contribution in [2.24, 2.45) is 0 Å². The molecule has 2 aromatic rings. The second kappa shape index (κ2) is 7.07. The number of benzene rings is 2. The van der Waals surface area contributed by atoms with E-state index in [-0.39, 0.29) is 11.7 Å². The topological polar surface area (TPSA) is 55.1 Å². The molecule has 0 aliphatic carbocycles. The van der Waals surface area contributed by atoms with Gasteiger partial charge >= 0.3 is 0 Å². The molecule has 2 rings (SSSR count). The van der Waals surface area contributed by atoms with Gasteiger partial charge in [0.2, 0.25) is 5.91 Å². The van der Waals surface area contributed by atoms with Crippen LogP contribution in [0.25, 0.3) is 0 Å². The molecule has 6 heteroatoms. The molecule has 0 bridgehead atoms. The zero-order chi connectivity index (χ0) is 15.4. The monoisotopic (exact) mass is 340 g/mol. The first-order chi connectivity index (χ1) is 9.97. The first kappa shape index (κ1) is 16.0. The van der Waals surface area contributed by atoms with Gasteiger partial charge in [0.25, 0.3) is 0 Å². The summed E-state index contributed by atoms with van der Waals surface area (Å²) in [7, 11) is 0. The van der Waals surface area contributed by atoms with E-state index in [1.165, 1.54) is 11.8 Å². The number of hydrogen-bond acceptors (Lipinski definition) is 3. The number of carbonyl (C=O) groups excluding carboxylic acids is 1. The Kier molecular flexibility index (Phi) is 5.39. The van der Waals surface area contributed by atoms with Crippen molar-refractivity contribution in [1.82, 2.24) is 0 Å². The Balaban J connectivity index is 1.99. The van der Waals surface area contributed by atoms with Crippen molar-refractivity contribution in [3.8, 4) is 0 Å². The molecule has 3 nitrogen and oxygen atoms in total. The number of hydrogen-bond donors (Lipinski definition) is 2. The fourth-order valence-electron chi connectivity index (χ4n) is 1.71. The highest BCUT2D eigenvalue weighted by Gasteiger charge is 2.09. The lowest BCUT2D eigenvalue weighted by Crippen LogP contribution is -2.15. The zero-order valence-electron chi connectivity index (χ0n) is 11.3. The lowest BCUT2D eigenvalue weighted by Gasteiger charge is -2.10. The third kappa shape index (κ3) is 4.30. The van der Waals surface area contributed by atoms with Gasteiger partial charge in [-0.05, 0) is 42.8 Å². The molecule has 0 aliphatic rings. The van der Waals surface area contributed by atoms with Crippen molar-refractivity contribution in [2.45, 2.75) is 11.8 Å². The predicted molar refractivity (Wildman–Crippen MR) is 91.4 cm³/mol. The number of thioether (sulfide) groups is 1. The van der Waals surface area contributed by atoms with E-state index in [1.807, 2.05) is 13.0 Å². The number of rotatable bonds is 4. The molecule has 0 heterocycles. The quantitative estimate of drug-likeness (QED) is 0.630. The lowest BCUT2D eigenvalue weighted by molar-refractivity contribution is -0.113. The molecule has 0 atom stereocenters. The van der Waals surface area contributed by atoms with Gasteiger partial charge in [-0.15, -0.1) is 11.8 Å². The fourth-order valence-corrected chi connectivity index (χ4v) is 2.92. The Morgan fingerprint density at radius 2 is 2.05 bits per heavy atom. The summed E-state index contributed by atoms with van der Waals surface area (Å²) in [6.07, 6.45) is 0. The minimum absolute atomic E-state index is 0.121. The van der Waals surface area contributed by atoms with Crippen LogP contribution in [-0.2, 0) is 4.79 Å². The van der Waals surface area contributed by atoms with Crippen LogP contribution in [0.3, 0.4) is 0 Å². The first-order valence-electron chi connectivity index (χ1n) is 6.20. The molecule has 0 saturated heterocycles.